The Labute approximate surface area is 168 Å². The highest BCUT2D eigenvalue weighted by molar-refractivity contribution is 5.88. The molecule has 0 N–H and O–H groups in total. The smallest absolute Gasteiger partial charge is 0.341 e. The predicted octanol–water partition coefficient (Wildman–Crippen LogP) is 1.98. The number of ether oxygens (including phenoxy) is 2. The van der Waals surface area contributed by atoms with Gasteiger partial charge in [-0.1, -0.05) is 11.3 Å². The molecule has 152 valence electrons. The minimum atomic E-state index is -0.425. The molecule has 0 amide bonds. The molecule has 0 radical (unpaired) electrons. The van der Waals surface area contributed by atoms with Crippen molar-refractivity contribution >= 4 is 23.0 Å². The molecule has 1 saturated heterocycles. The van der Waals surface area contributed by atoms with E-state index in [1.807, 2.05) is 19.2 Å². The molecule has 0 atom stereocenters. The fourth-order valence-electron chi connectivity index (χ4n) is 3.53. The van der Waals surface area contributed by atoms with Crippen LogP contribution in [0.1, 0.15) is 28.8 Å². The van der Waals surface area contributed by atoms with Gasteiger partial charge in [0.05, 0.1) is 24.8 Å². The summed E-state index contributed by atoms with van der Waals surface area (Å²) in [6.45, 7) is 3.05. The van der Waals surface area contributed by atoms with Gasteiger partial charge in [0.15, 0.2) is 0 Å². The lowest BCUT2D eigenvalue weighted by atomic mass is 9.98. The molecule has 1 fully saturated rings. The molecule has 0 spiro atoms. The number of nitrogens with zero attached hydrogens (tertiary/aromatic N) is 6. The van der Waals surface area contributed by atoms with Crippen molar-refractivity contribution in [1.82, 2.24) is 25.0 Å². The predicted molar refractivity (Wildman–Crippen MR) is 106 cm³/mol. The zero-order chi connectivity index (χ0) is 20.2. The number of hydrogen-bond donors (Lipinski definition) is 0. The average Bonchev–Trinajstić information content (AvgIpc) is 3.14. The molecule has 0 bridgehead atoms. The van der Waals surface area contributed by atoms with E-state index in [1.54, 1.807) is 4.68 Å². The van der Waals surface area contributed by atoms with E-state index in [2.05, 4.69) is 36.0 Å². The van der Waals surface area contributed by atoms with Crippen molar-refractivity contribution in [2.45, 2.75) is 19.4 Å². The summed E-state index contributed by atoms with van der Waals surface area (Å²) >= 11 is 0. The van der Waals surface area contributed by atoms with E-state index >= 15 is 0 Å². The highest BCUT2D eigenvalue weighted by Gasteiger charge is 2.21. The molecule has 3 aromatic rings. The van der Waals surface area contributed by atoms with Crippen molar-refractivity contribution in [2.75, 3.05) is 31.7 Å². The fraction of sp³-hybridized carbons (Fsp3) is 0.450. The third-order valence-corrected chi connectivity index (χ3v) is 5.25. The van der Waals surface area contributed by atoms with E-state index in [-0.39, 0.29) is 0 Å². The number of aryl methyl sites for hydroxylation is 1. The van der Waals surface area contributed by atoms with Crippen LogP contribution >= 0.6 is 0 Å². The number of hydrogen-bond acceptors (Lipinski definition) is 8. The summed E-state index contributed by atoms with van der Waals surface area (Å²) in [6, 6.07) is 6.11. The monoisotopic (exact) mass is 396 g/mol. The van der Waals surface area contributed by atoms with Crippen LogP contribution in [0.4, 0.5) is 5.95 Å². The van der Waals surface area contributed by atoms with Crippen molar-refractivity contribution in [3.8, 4) is 0 Å². The van der Waals surface area contributed by atoms with E-state index in [9.17, 15) is 4.79 Å². The summed E-state index contributed by atoms with van der Waals surface area (Å²) in [6.07, 6.45) is 5.06. The van der Waals surface area contributed by atoms with Gasteiger partial charge in [0.25, 0.3) is 0 Å². The Kier molecular flexibility index (Phi) is 5.66. The van der Waals surface area contributed by atoms with Crippen molar-refractivity contribution < 1.29 is 14.3 Å². The third-order valence-electron chi connectivity index (χ3n) is 5.25. The second-order valence-corrected chi connectivity index (χ2v) is 7.24. The van der Waals surface area contributed by atoms with Crippen LogP contribution in [0.15, 0.2) is 30.6 Å². The van der Waals surface area contributed by atoms with Gasteiger partial charge in [-0.15, -0.1) is 5.10 Å². The molecule has 2 aromatic heterocycles. The zero-order valence-corrected chi connectivity index (χ0v) is 16.6. The van der Waals surface area contributed by atoms with Crippen molar-refractivity contribution in [3.05, 3.63) is 41.7 Å². The molecular weight excluding hydrogens is 372 g/mol. The van der Waals surface area contributed by atoms with Crippen LogP contribution in [0.25, 0.3) is 11.0 Å². The van der Waals surface area contributed by atoms with Crippen LogP contribution in [0.5, 0.6) is 0 Å². The molecule has 0 saturated carbocycles. The van der Waals surface area contributed by atoms with Crippen LogP contribution in [-0.4, -0.2) is 57.7 Å². The van der Waals surface area contributed by atoms with Crippen molar-refractivity contribution in [3.63, 3.8) is 0 Å². The topological polar surface area (TPSA) is 95.3 Å². The molecule has 3 heterocycles. The van der Waals surface area contributed by atoms with Gasteiger partial charge in [0.2, 0.25) is 5.95 Å². The minimum absolute atomic E-state index is 0.360. The Morgan fingerprint density at radius 2 is 1.97 bits per heavy atom. The Balaban J connectivity index is 1.23. The third kappa shape index (κ3) is 4.34. The molecule has 4 rings (SSSR count). The molecular formula is C20H24N6O3. The normalized spacial score (nSPS) is 15.0. The number of fused-ring (bicyclic) bond motifs is 1. The number of aromatic nitrogens is 5. The maximum Gasteiger partial charge on any atom is 0.341 e. The maximum absolute atomic E-state index is 11.5. The first-order valence-corrected chi connectivity index (χ1v) is 9.65. The van der Waals surface area contributed by atoms with Crippen LogP contribution in [-0.2, 0) is 23.1 Å². The van der Waals surface area contributed by atoms with Gasteiger partial charge in [0.1, 0.15) is 5.52 Å². The number of carbonyl (C=O) groups excluding carboxylic acids is 1. The van der Waals surface area contributed by atoms with Crippen LogP contribution in [0.2, 0.25) is 0 Å². The standard InChI is InChI=1S/C20H24N6O3/c1-25-18-4-3-15(9-17(18)23-24-25)13-29-12-14-5-7-26(8-6-14)20-21-10-16(11-22-20)19(27)28-2/h3-4,9-11,14H,5-8,12-13H2,1-2H3. The van der Waals surface area contributed by atoms with Gasteiger partial charge in [-0.05, 0) is 36.5 Å². The average molecular weight is 396 g/mol. The maximum atomic E-state index is 11.5. The van der Waals surface area contributed by atoms with E-state index in [0.29, 0.717) is 24.0 Å². The summed E-state index contributed by atoms with van der Waals surface area (Å²) < 4.78 is 12.4. The highest BCUT2D eigenvalue weighted by atomic mass is 16.5. The van der Waals surface area contributed by atoms with Crippen LogP contribution < -0.4 is 4.90 Å². The van der Waals surface area contributed by atoms with Gasteiger partial charge in [-0.2, -0.15) is 0 Å². The second kappa shape index (κ2) is 8.52. The van der Waals surface area contributed by atoms with Crippen LogP contribution in [0, 0.1) is 5.92 Å². The molecule has 1 aliphatic rings. The van der Waals surface area contributed by atoms with Crippen molar-refractivity contribution in [1.29, 1.82) is 0 Å². The minimum Gasteiger partial charge on any atom is -0.465 e. The SMILES string of the molecule is COC(=O)c1cnc(N2CCC(COCc3ccc4c(c3)nnn4C)CC2)nc1. The first-order valence-electron chi connectivity index (χ1n) is 9.65. The number of piperidine rings is 1. The molecule has 0 unspecified atom stereocenters. The molecule has 9 nitrogen and oxygen atoms in total. The van der Waals surface area contributed by atoms with Gasteiger partial charge < -0.3 is 14.4 Å². The molecule has 1 aliphatic heterocycles. The fourth-order valence-corrected chi connectivity index (χ4v) is 3.53. The van der Waals surface area contributed by atoms with E-state index in [4.69, 9.17) is 4.74 Å². The molecule has 29 heavy (non-hydrogen) atoms. The van der Waals surface area contributed by atoms with Crippen LogP contribution in [0.3, 0.4) is 0 Å². The summed E-state index contributed by atoms with van der Waals surface area (Å²) in [5.74, 6) is 0.737. The summed E-state index contributed by atoms with van der Waals surface area (Å²) in [4.78, 5) is 22.2. The van der Waals surface area contributed by atoms with E-state index in [0.717, 1.165) is 49.1 Å². The summed E-state index contributed by atoms with van der Waals surface area (Å²) in [5.41, 5.74) is 3.37. The van der Waals surface area contributed by atoms with E-state index < -0.39 is 5.97 Å². The number of benzene rings is 1. The first-order chi connectivity index (χ1) is 14.1. The second-order valence-electron chi connectivity index (χ2n) is 7.24. The number of methoxy groups -OCH3 is 1. The Bertz CT molecular complexity index is 980. The number of carbonyl (C=O) groups is 1. The van der Waals surface area contributed by atoms with Gasteiger partial charge in [0, 0.05) is 39.1 Å². The summed E-state index contributed by atoms with van der Waals surface area (Å²) in [5, 5.41) is 8.18. The largest absolute Gasteiger partial charge is 0.465 e. The van der Waals surface area contributed by atoms with Gasteiger partial charge >= 0.3 is 5.97 Å². The lowest BCUT2D eigenvalue weighted by Crippen LogP contribution is -2.36. The van der Waals surface area contributed by atoms with Crippen molar-refractivity contribution in [2.24, 2.45) is 13.0 Å². The number of rotatable bonds is 6. The first kappa shape index (κ1) is 19.3. The summed E-state index contributed by atoms with van der Waals surface area (Å²) in [7, 11) is 3.23. The Hall–Kier alpha value is -3.07. The highest BCUT2D eigenvalue weighted by Crippen LogP contribution is 2.21. The Morgan fingerprint density at radius 1 is 1.21 bits per heavy atom. The van der Waals surface area contributed by atoms with Gasteiger partial charge in [-0.3, -0.25) is 0 Å². The molecule has 1 aromatic carbocycles. The molecule has 9 heteroatoms. The Morgan fingerprint density at radius 3 is 2.69 bits per heavy atom. The zero-order valence-electron chi connectivity index (χ0n) is 16.6. The van der Waals surface area contributed by atoms with Gasteiger partial charge in [-0.25, -0.2) is 19.4 Å². The lowest BCUT2D eigenvalue weighted by molar-refractivity contribution is 0.0599. The number of esters is 1. The van der Waals surface area contributed by atoms with E-state index in [1.165, 1.54) is 19.5 Å². The molecule has 0 aliphatic carbocycles. The lowest BCUT2D eigenvalue weighted by Gasteiger charge is -2.31. The quantitative estimate of drug-likeness (QED) is 0.584. The number of anilines is 1.